The summed E-state index contributed by atoms with van der Waals surface area (Å²) < 4.78 is 29.7. The lowest BCUT2D eigenvalue weighted by Gasteiger charge is -2.22. The van der Waals surface area contributed by atoms with Crippen molar-refractivity contribution in [3.05, 3.63) is 47.8 Å². The summed E-state index contributed by atoms with van der Waals surface area (Å²) in [5.41, 5.74) is 1.32. The highest BCUT2D eigenvalue weighted by Gasteiger charge is 2.31. The predicted octanol–water partition coefficient (Wildman–Crippen LogP) is 3.75. The Balaban J connectivity index is 1.51. The Labute approximate surface area is 167 Å². The first-order chi connectivity index (χ1) is 14.1. The zero-order valence-corrected chi connectivity index (χ0v) is 16.2. The number of fused-ring (bicyclic) bond motifs is 1. The number of nitrogens with zero attached hydrogens (tertiary/aromatic N) is 1. The molecule has 0 saturated heterocycles. The number of oxazole rings is 1. The smallest absolute Gasteiger partial charge is 0.295 e. The molecule has 1 heterocycles. The Hall–Kier alpha value is -3.29. The van der Waals surface area contributed by atoms with Gasteiger partial charge in [-0.05, 0) is 43.5 Å². The van der Waals surface area contributed by atoms with Gasteiger partial charge in [-0.15, -0.1) is 0 Å². The highest BCUT2D eigenvalue weighted by molar-refractivity contribution is 6.00. The van der Waals surface area contributed by atoms with Gasteiger partial charge in [0.2, 0.25) is 0 Å². The highest BCUT2D eigenvalue weighted by Crippen LogP contribution is 2.30. The zero-order valence-electron chi connectivity index (χ0n) is 16.2. The van der Waals surface area contributed by atoms with E-state index in [1.54, 1.807) is 24.3 Å². The van der Waals surface area contributed by atoms with Gasteiger partial charge in [-0.1, -0.05) is 6.07 Å². The quantitative estimate of drug-likeness (QED) is 0.657. The van der Waals surface area contributed by atoms with Crippen molar-refractivity contribution < 1.29 is 23.1 Å². The first kappa shape index (κ1) is 19.0. The van der Waals surface area contributed by atoms with Crippen molar-refractivity contribution >= 4 is 23.0 Å². The van der Waals surface area contributed by atoms with Crippen molar-refractivity contribution in [1.82, 2.24) is 10.3 Å². The minimum atomic E-state index is -0.367. The standard InChI is InChI=1S/C21H22FN3O4/c1-27-17-7-4-8-18(28-2)19(17)20(26)23-13-5-3-6-14(13)24-21-25-15-11-12(22)9-10-16(15)29-21/h4,7-11,13-14H,3,5-6H2,1-2H3,(H,23,26)(H,24,25)/t13-,14-/m1/s1. The Kier molecular flexibility index (Phi) is 5.24. The van der Waals surface area contributed by atoms with Crippen LogP contribution in [0.4, 0.5) is 10.4 Å². The number of hydrogen-bond acceptors (Lipinski definition) is 6. The third kappa shape index (κ3) is 3.83. The summed E-state index contributed by atoms with van der Waals surface area (Å²) in [5.74, 6) is 0.266. The third-order valence-electron chi connectivity index (χ3n) is 5.15. The van der Waals surface area contributed by atoms with Gasteiger partial charge in [-0.3, -0.25) is 4.79 Å². The number of rotatable bonds is 6. The van der Waals surface area contributed by atoms with Crippen molar-refractivity contribution in [2.24, 2.45) is 0 Å². The van der Waals surface area contributed by atoms with E-state index in [0.717, 1.165) is 19.3 Å². The van der Waals surface area contributed by atoms with Crippen molar-refractivity contribution in [2.45, 2.75) is 31.3 Å². The summed E-state index contributed by atoms with van der Waals surface area (Å²) in [6, 6.07) is 9.55. The Morgan fingerprint density at radius 2 is 1.86 bits per heavy atom. The van der Waals surface area contributed by atoms with Gasteiger partial charge in [0.25, 0.3) is 11.9 Å². The first-order valence-electron chi connectivity index (χ1n) is 9.43. The molecule has 4 rings (SSSR count). The minimum absolute atomic E-state index is 0.0578. The van der Waals surface area contributed by atoms with E-state index in [0.29, 0.717) is 34.2 Å². The summed E-state index contributed by atoms with van der Waals surface area (Å²) in [6.07, 6.45) is 2.61. The fraction of sp³-hybridized carbons (Fsp3) is 0.333. The molecule has 0 aliphatic heterocycles. The van der Waals surface area contributed by atoms with Crippen LogP contribution in [0.2, 0.25) is 0 Å². The van der Waals surface area contributed by atoms with Crippen LogP contribution in [0.15, 0.2) is 40.8 Å². The molecule has 29 heavy (non-hydrogen) atoms. The van der Waals surface area contributed by atoms with Crippen LogP contribution >= 0.6 is 0 Å². The normalized spacial score (nSPS) is 18.6. The SMILES string of the molecule is COc1cccc(OC)c1C(=O)N[C@@H]1CCC[C@H]1Nc1nc2cc(F)ccc2o1. The lowest BCUT2D eigenvalue weighted by Crippen LogP contribution is -2.43. The molecule has 7 nitrogen and oxygen atoms in total. The molecule has 2 aromatic carbocycles. The number of amides is 1. The topological polar surface area (TPSA) is 85.6 Å². The van der Waals surface area contributed by atoms with E-state index in [2.05, 4.69) is 15.6 Å². The molecule has 2 atom stereocenters. The van der Waals surface area contributed by atoms with Gasteiger partial charge in [0.15, 0.2) is 5.58 Å². The molecule has 1 aliphatic rings. The van der Waals surface area contributed by atoms with Crippen LogP contribution in [-0.2, 0) is 0 Å². The molecule has 0 radical (unpaired) electrons. The van der Waals surface area contributed by atoms with Crippen molar-refractivity contribution in [3.63, 3.8) is 0 Å². The van der Waals surface area contributed by atoms with E-state index in [1.165, 1.54) is 26.4 Å². The number of carbonyl (C=O) groups is 1. The summed E-state index contributed by atoms with van der Waals surface area (Å²) in [7, 11) is 3.03. The molecule has 1 aliphatic carbocycles. The molecule has 0 spiro atoms. The molecule has 8 heteroatoms. The van der Waals surface area contributed by atoms with Crippen LogP contribution in [0.1, 0.15) is 29.6 Å². The number of halogens is 1. The summed E-state index contributed by atoms with van der Waals surface area (Å²) in [5, 5.41) is 6.30. The number of benzene rings is 2. The van der Waals surface area contributed by atoms with Gasteiger partial charge in [-0.25, -0.2) is 4.39 Å². The fourth-order valence-electron chi connectivity index (χ4n) is 3.74. The van der Waals surface area contributed by atoms with Crippen LogP contribution in [0.25, 0.3) is 11.1 Å². The highest BCUT2D eigenvalue weighted by atomic mass is 19.1. The molecule has 1 aromatic heterocycles. The molecule has 3 aromatic rings. The van der Waals surface area contributed by atoms with E-state index in [4.69, 9.17) is 13.9 Å². The van der Waals surface area contributed by atoms with Crippen molar-refractivity contribution in [3.8, 4) is 11.5 Å². The van der Waals surface area contributed by atoms with Gasteiger partial charge in [0.05, 0.1) is 20.3 Å². The van der Waals surface area contributed by atoms with Crippen LogP contribution < -0.4 is 20.1 Å². The Bertz CT molecular complexity index is 1010. The average Bonchev–Trinajstić information content (AvgIpc) is 3.33. The average molecular weight is 399 g/mol. The van der Waals surface area contributed by atoms with Crippen LogP contribution in [0, 0.1) is 5.82 Å². The molecule has 1 saturated carbocycles. The third-order valence-corrected chi connectivity index (χ3v) is 5.15. The number of nitrogens with one attached hydrogen (secondary N) is 2. The lowest BCUT2D eigenvalue weighted by atomic mass is 10.1. The van der Waals surface area contributed by atoms with Gasteiger partial charge in [-0.2, -0.15) is 4.98 Å². The lowest BCUT2D eigenvalue weighted by molar-refractivity contribution is 0.0929. The maximum absolute atomic E-state index is 13.4. The van der Waals surface area contributed by atoms with Gasteiger partial charge < -0.3 is 24.5 Å². The fourth-order valence-corrected chi connectivity index (χ4v) is 3.74. The molecular weight excluding hydrogens is 377 g/mol. The van der Waals surface area contributed by atoms with Gasteiger partial charge in [0, 0.05) is 12.1 Å². The van der Waals surface area contributed by atoms with E-state index in [9.17, 15) is 9.18 Å². The minimum Gasteiger partial charge on any atom is -0.496 e. The number of hydrogen-bond donors (Lipinski definition) is 2. The zero-order chi connectivity index (χ0) is 20.4. The van der Waals surface area contributed by atoms with Crippen molar-refractivity contribution in [1.29, 1.82) is 0 Å². The molecule has 0 bridgehead atoms. The number of carbonyl (C=O) groups excluding carboxylic acids is 1. The summed E-state index contributed by atoms with van der Waals surface area (Å²) in [6.45, 7) is 0. The second-order valence-corrected chi connectivity index (χ2v) is 6.93. The van der Waals surface area contributed by atoms with E-state index in [-0.39, 0.29) is 23.8 Å². The molecule has 2 N–H and O–H groups in total. The molecule has 1 amide bonds. The molecule has 1 fully saturated rings. The van der Waals surface area contributed by atoms with Crippen LogP contribution in [0.3, 0.4) is 0 Å². The van der Waals surface area contributed by atoms with Crippen molar-refractivity contribution in [2.75, 3.05) is 19.5 Å². The number of aromatic nitrogens is 1. The Morgan fingerprint density at radius 3 is 2.59 bits per heavy atom. The maximum atomic E-state index is 13.4. The maximum Gasteiger partial charge on any atom is 0.295 e. The second-order valence-electron chi connectivity index (χ2n) is 6.93. The number of anilines is 1. The summed E-state index contributed by atoms with van der Waals surface area (Å²) in [4.78, 5) is 17.2. The first-order valence-corrected chi connectivity index (χ1v) is 9.43. The monoisotopic (exact) mass is 399 g/mol. The Morgan fingerprint density at radius 1 is 1.14 bits per heavy atom. The van der Waals surface area contributed by atoms with Crippen LogP contribution in [0.5, 0.6) is 11.5 Å². The second kappa shape index (κ2) is 7.98. The van der Waals surface area contributed by atoms with Gasteiger partial charge >= 0.3 is 0 Å². The largest absolute Gasteiger partial charge is 0.496 e. The van der Waals surface area contributed by atoms with Gasteiger partial charge in [0.1, 0.15) is 28.4 Å². The van der Waals surface area contributed by atoms with E-state index >= 15 is 0 Å². The number of ether oxygens (including phenoxy) is 2. The van der Waals surface area contributed by atoms with E-state index in [1.807, 2.05) is 0 Å². The van der Waals surface area contributed by atoms with E-state index < -0.39 is 0 Å². The van der Waals surface area contributed by atoms with Crippen LogP contribution in [-0.4, -0.2) is 37.2 Å². The summed E-state index contributed by atoms with van der Waals surface area (Å²) >= 11 is 0. The predicted molar refractivity (Wildman–Crippen MR) is 106 cm³/mol. The molecular formula is C21H22FN3O4. The molecule has 152 valence electrons. The molecule has 0 unspecified atom stereocenters. The number of methoxy groups -OCH3 is 2.